The normalized spacial score (nSPS) is 14.8. The van der Waals surface area contributed by atoms with Gasteiger partial charge in [-0.1, -0.05) is 24.2 Å². The zero-order valence-electron chi connectivity index (χ0n) is 10.3. The van der Waals surface area contributed by atoms with E-state index in [1.807, 2.05) is 19.1 Å². The Labute approximate surface area is 111 Å². The summed E-state index contributed by atoms with van der Waals surface area (Å²) in [6.07, 6.45) is 1.64. The molecule has 0 atom stereocenters. The average molecular weight is 264 g/mol. The van der Waals surface area contributed by atoms with Gasteiger partial charge >= 0.3 is 0 Å². The number of nitrogens with zero attached hydrogens (tertiary/aromatic N) is 2. The van der Waals surface area contributed by atoms with E-state index in [9.17, 15) is 4.79 Å². The number of Topliss-reactive ketones (excluding diaryl/α,β-unsaturated/α-hetero) is 1. The molecule has 1 aliphatic heterocycles. The molecule has 1 aliphatic rings. The number of carbonyl (C=O) groups excluding carboxylic acids is 1. The average Bonchev–Trinajstić information content (AvgIpc) is 2.66. The van der Waals surface area contributed by atoms with Crippen molar-refractivity contribution in [2.24, 2.45) is 0 Å². The molecule has 1 aromatic carbocycles. The number of hydrogen-bond acceptors (Lipinski definition) is 4. The number of hydrazine groups is 2. The Morgan fingerprint density at radius 2 is 2.22 bits per heavy atom. The van der Waals surface area contributed by atoms with Crippen LogP contribution in [0.1, 0.15) is 13.8 Å². The summed E-state index contributed by atoms with van der Waals surface area (Å²) in [4.78, 5) is 11.5. The van der Waals surface area contributed by atoms with E-state index in [0.717, 1.165) is 11.4 Å². The predicted molar refractivity (Wildman–Crippen MR) is 72.5 cm³/mol. The molecular formula is C13H14ClN3O. The van der Waals surface area contributed by atoms with E-state index in [-0.39, 0.29) is 5.78 Å². The van der Waals surface area contributed by atoms with E-state index in [1.165, 1.54) is 6.92 Å². The summed E-state index contributed by atoms with van der Waals surface area (Å²) < 4.78 is 0. The number of rotatable bonds is 3. The van der Waals surface area contributed by atoms with Crippen LogP contribution in [-0.4, -0.2) is 10.8 Å². The summed E-state index contributed by atoms with van der Waals surface area (Å²) in [6, 6.07) is 7.35. The fourth-order valence-electron chi connectivity index (χ4n) is 1.85. The van der Waals surface area contributed by atoms with Crippen molar-refractivity contribution in [3.8, 4) is 0 Å². The Bertz CT molecular complexity index is 539. The van der Waals surface area contributed by atoms with Crippen LogP contribution in [-0.2, 0) is 4.79 Å². The van der Waals surface area contributed by atoms with Crippen LogP contribution in [0, 0.1) is 0 Å². The molecule has 0 amide bonds. The SMILES string of the molecule is C=CN1C(C)=C(C(C)=O)NN1c1cccc(Cl)c1. The first-order chi connectivity index (χ1) is 8.54. The van der Waals surface area contributed by atoms with Gasteiger partial charge in [-0.05, 0) is 25.1 Å². The third-order valence-corrected chi connectivity index (χ3v) is 2.95. The van der Waals surface area contributed by atoms with Crippen LogP contribution in [0.3, 0.4) is 0 Å². The molecule has 94 valence electrons. The molecule has 1 aromatic rings. The van der Waals surface area contributed by atoms with Crippen LogP contribution in [0.15, 0.2) is 48.4 Å². The smallest absolute Gasteiger partial charge is 0.179 e. The maximum Gasteiger partial charge on any atom is 0.179 e. The van der Waals surface area contributed by atoms with E-state index in [0.29, 0.717) is 10.7 Å². The van der Waals surface area contributed by atoms with E-state index in [4.69, 9.17) is 11.6 Å². The zero-order chi connectivity index (χ0) is 13.3. The molecule has 5 heteroatoms. The highest BCUT2D eigenvalue weighted by molar-refractivity contribution is 6.30. The van der Waals surface area contributed by atoms with Crippen molar-refractivity contribution < 1.29 is 4.79 Å². The van der Waals surface area contributed by atoms with Crippen LogP contribution in [0.5, 0.6) is 0 Å². The first-order valence-corrected chi connectivity index (χ1v) is 5.88. The van der Waals surface area contributed by atoms with Crippen molar-refractivity contribution in [2.45, 2.75) is 13.8 Å². The van der Waals surface area contributed by atoms with E-state index in [2.05, 4.69) is 12.0 Å². The third-order valence-electron chi connectivity index (χ3n) is 2.72. The lowest BCUT2D eigenvalue weighted by Gasteiger charge is -2.29. The molecule has 0 aliphatic carbocycles. The second kappa shape index (κ2) is 4.74. The lowest BCUT2D eigenvalue weighted by Crippen LogP contribution is -2.41. The summed E-state index contributed by atoms with van der Waals surface area (Å²) >= 11 is 5.97. The maximum atomic E-state index is 11.5. The number of anilines is 1. The molecule has 2 rings (SSSR count). The van der Waals surface area contributed by atoms with Crippen molar-refractivity contribution >= 4 is 23.1 Å². The van der Waals surface area contributed by atoms with Crippen LogP contribution in [0.2, 0.25) is 5.02 Å². The standard InChI is InChI=1S/C13H14ClN3O/c1-4-16-9(2)13(10(3)18)15-17(16)12-7-5-6-11(14)8-12/h4-8,15H,1H2,2-3H3. The predicted octanol–water partition coefficient (Wildman–Crippen LogP) is 2.85. The Hall–Kier alpha value is -1.94. The monoisotopic (exact) mass is 263 g/mol. The Morgan fingerprint density at radius 1 is 1.50 bits per heavy atom. The zero-order valence-corrected chi connectivity index (χ0v) is 11.0. The molecule has 1 N–H and O–H groups in total. The second-order valence-corrected chi connectivity index (χ2v) is 4.38. The van der Waals surface area contributed by atoms with Crippen molar-refractivity contribution in [3.05, 3.63) is 53.5 Å². The Balaban J connectivity index is 2.38. The molecule has 1 heterocycles. The van der Waals surface area contributed by atoms with E-state index < -0.39 is 0 Å². The topological polar surface area (TPSA) is 35.6 Å². The van der Waals surface area contributed by atoms with Gasteiger partial charge in [0.1, 0.15) is 5.70 Å². The largest absolute Gasteiger partial charge is 0.293 e. The summed E-state index contributed by atoms with van der Waals surface area (Å²) in [6.45, 7) is 7.13. The molecular weight excluding hydrogens is 250 g/mol. The van der Waals surface area contributed by atoms with Gasteiger partial charge in [0.05, 0.1) is 11.4 Å². The number of benzene rings is 1. The van der Waals surface area contributed by atoms with Crippen LogP contribution in [0.4, 0.5) is 5.69 Å². The number of allylic oxidation sites excluding steroid dienone is 2. The van der Waals surface area contributed by atoms with Crippen molar-refractivity contribution in [2.75, 3.05) is 5.12 Å². The van der Waals surface area contributed by atoms with Gasteiger partial charge in [-0.25, -0.2) is 5.01 Å². The van der Waals surface area contributed by atoms with Gasteiger partial charge in [0, 0.05) is 18.1 Å². The van der Waals surface area contributed by atoms with E-state index in [1.54, 1.807) is 28.5 Å². The molecule has 0 saturated carbocycles. The molecule has 0 bridgehead atoms. The molecule has 0 unspecified atom stereocenters. The molecule has 0 spiro atoms. The molecule has 0 fully saturated rings. The summed E-state index contributed by atoms with van der Waals surface area (Å²) in [5.41, 5.74) is 5.23. The number of hydrogen-bond donors (Lipinski definition) is 1. The minimum Gasteiger partial charge on any atom is -0.293 e. The fourth-order valence-corrected chi connectivity index (χ4v) is 2.04. The van der Waals surface area contributed by atoms with Gasteiger partial charge in [0.2, 0.25) is 0 Å². The lowest BCUT2D eigenvalue weighted by atomic mass is 10.3. The Morgan fingerprint density at radius 3 is 2.78 bits per heavy atom. The van der Waals surface area contributed by atoms with Gasteiger partial charge in [-0.3, -0.25) is 10.2 Å². The highest BCUT2D eigenvalue weighted by Crippen LogP contribution is 2.27. The molecule has 0 radical (unpaired) electrons. The maximum absolute atomic E-state index is 11.5. The fraction of sp³-hybridized carbons (Fsp3) is 0.154. The number of halogens is 1. The third kappa shape index (κ3) is 2.07. The minimum atomic E-state index is -0.0242. The molecule has 0 aromatic heterocycles. The van der Waals surface area contributed by atoms with Crippen molar-refractivity contribution in [3.63, 3.8) is 0 Å². The summed E-state index contributed by atoms with van der Waals surface area (Å²) in [5.74, 6) is -0.0242. The summed E-state index contributed by atoms with van der Waals surface area (Å²) in [7, 11) is 0. The van der Waals surface area contributed by atoms with Gasteiger partial charge in [0.25, 0.3) is 0 Å². The van der Waals surface area contributed by atoms with Crippen molar-refractivity contribution in [1.29, 1.82) is 0 Å². The lowest BCUT2D eigenvalue weighted by molar-refractivity contribution is -0.113. The first kappa shape index (κ1) is 12.5. The number of carbonyl (C=O) groups is 1. The van der Waals surface area contributed by atoms with E-state index >= 15 is 0 Å². The van der Waals surface area contributed by atoms with Crippen LogP contribution >= 0.6 is 11.6 Å². The van der Waals surface area contributed by atoms with Gasteiger partial charge in [-0.15, -0.1) is 0 Å². The number of nitrogens with one attached hydrogen (secondary N) is 1. The molecule has 4 nitrogen and oxygen atoms in total. The van der Waals surface area contributed by atoms with Crippen LogP contribution in [0.25, 0.3) is 0 Å². The van der Waals surface area contributed by atoms with Crippen molar-refractivity contribution in [1.82, 2.24) is 10.4 Å². The van der Waals surface area contributed by atoms with Gasteiger partial charge in [0.15, 0.2) is 5.78 Å². The van der Waals surface area contributed by atoms with Crippen LogP contribution < -0.4 is 10.5 Å². The number of ketones is 1. The molecule has 18 heavy (non-hydrogen) atoms. The highest BCUT2D eigenvalue weighted by Gasteiger charge is 2.27. The first-order valence-electron chi connectivity index (χ1n) is 5.50. The highest BCUT2D eigenvalue weighted by atomic mass is 35.5. The Kier molecular flexibility index (Phi) is 3.30. The minimum absolute atomic E-state index is 0.0242. The second-order valence-electron chi connectivity index (χ2n) is 3.95. The molecule has 0 saturated heterocycles. The van der Waals surface area contributed by atoms with Gasteiger partial charge < -0.3 is 0 Å². The quantitative estimate of drug-likeness (QED) is 0.910. The van der Waals surface area contributed by atoms with Gasteiger partial charge in [-0.2, -0.15) is 5.12 Å². The summed E-state index contributed by atoms with van der Waals surface area (Å²) in [5, 5.41) is 4.13.